The Morgan fingerprint density at radius 1 is 0.950 bits per heavy atom. The molecule has 0 aliphatic heterocycles. The Kier molecular flexibility index (Phi) is 4.80. The molecule has 0 saturated heterocycles. The zero-order valence-corrected chi connectivity index (χ0v) is 12.4. The van der Waals surface area contributed by atoms with Crippen molar-refractivity contribution in [1.29, 1.82) is 0 Å². The Hall–Kier alpha value is -1.80. The maximum atomic E-state index is 10.5. The molecular formula is C18H22O2. The molecule has 106 valence electrons. The van der Waals surface area contributed by atoms with Gasteiger partial charge in [0.15, 0.2) is 0 Å². The van der Waals surface area contributed by atoms with Crippen LogP contribution in [0.15, 0.2) is 42.5 Å². The third-order valence-corrected chi connectivity index (χ3v) is 3.23. The topological polar surface area (TPSA) is 29.5 Å². The van der Waals surface area contributed by atoms with Gasteiger partial charge >= 0.3 is 0 Å². The van der Waals surface area contributed by atoms with Crippen LogP contribution < -0.4 is 4.74 Å². The summed E-state index contributed by atoms with van der Waals surface area (Å²) in [6.45, 7) is 6.90. The summed E-state index contributed by atoms with van der Waals surface area (Å²) < 4.78 is 5.55. The first-order valence-electron chi connectivity index (χ1n) is 7.09. The van der Waals surface area contributed by atoms with E-state index in [1.165, 1.54) is 11.1 Å². The fourth-order valence-electron chi connectivity index (χ4n) is 2.33. The van der Waals surface area contributed by atoms with E-state index in [9.17, 15) is 5.11 Å². The third-order valence-electron chi connectivity index (χ3n) is 3.23. The molecule has 2 aromatic rings. The smallest absolute Gasteiger partial charge is 0.119 e. The number of hydrogen-bond donors (Lipinski definition) is 1. The van der Waals surface area contributed by atoms with Gasteiger partial charge in [-0.15, -0.1) is 0 Å². The highest BCUT2D eigenvalue weighted by atomic mass is 16.5. The molecule has 0 aromatic heterocycles. The number of hydrogen-bond acceptors (Lipinski definition) is 2. The van der Waals surface area contributed by atoms with Crippen molar-refractivity contribution in [3.8, 4) is 5.75 Å². The minimum atomic E-state index is -0.589. The van der Waals surface area contributed by atoms with Crippen LogP contribution in [0, 0.1) is 13.8 Å². The standard InChI is InChI=1S/C18H22O2/c1-4-9-20-17-7-5-15(6-8-17)18(19)16-11-13(2)10-14(3)12-16/h5-8,10-12,18-19H,4,9H2,1-3H3. The van der Waals surface area contributed by atoms with Crippen LogP contribution in [-0.4, -0.2) is 11.7 Å². The van der Waals surface area contributed by atoms with Crippen LogP contribution in [0.4, 0.5) is 0 Å². The summed E-state index contributed by atoms with van der Waals surface area (Å²) in [5, 5.41) is 10.5. The molecule has 0 saturated carbocycles. The first kappa shape index (κ1) is 14.6. The van der Waals surface area contributed by atoms with E-state index >= 15 is 0 Å². The average molecular weight is 270 g/mol. The monoisotopic (exact) mass is 270 g/mol. The van der Waals surface area contributed by atoms with Gasteiger partial charge in [-0.3, -0.25) is 0 Å². The Bertz CT molecular complexity index is 538. The third kappa shape index (κ3) is 3.61. The van der Waals surface area contributed by atoms with Gasteiger partial charge in [0.1, 0.15) is 11.9 Å². The molecule has 0 aliphatic rings. The second-order valence-corrected chi connectivity index (χ2v) is 5.24. The number of aryl methyl sites for hydroxylation is 2. The predicted octanol–water partition coefficient (Wildman–Crippen LogP) is 4.17. The largest absolute Gasteiger partial charge is 0.494 e. The summed E-state index contributed by atoms with van der Waals surface area (Å²) in [5.74, 6) is 0.850. The van der Waals surface area contributed by atoms with E-state index in [1.54, 1.807) is 0 Å². The zero-order chi connectivity index (χ0) is 14.5. The molecule has 0 spiro atoms. The van der Waals surface area contributed by atoms with E-state index in [2.05, 4.69) is 13.0 Å². The number of ether oxygens (including phenoxy) is 1. The molecule has 1 unspecified atom stereocenters. The van der Waals surface area contributed by atoms with Crippen LogP contribution in [-0.2, 0) is 0 Å². The summed E-state index contributed by atoms with van der Waals surface area (Å²) >= 11 is 0. The van der Waals surface area contributed by atoms with Crippen LogP contribution in [0.1, 0.15) is 41.7 Å². The normalized spacial score (nSPS) is 12.2. The minimum absolute atomic E-state index is 0.589. The van der Waals surface area contributed by atoms with E-state index < -0.39 is 6.10 Å². The lowest BCUT2D eigenvalue weighted by Crippen LogP contribution is -2.01. The van der Waals surface area contributed by atoms with Crippen molar-refractivity contribution in [2.75, 3.05) is 6.61 Å². The fraction of sp³-hybridized carbons (Fsp3) is 0.333. The van der Waals surface area contributed by atoms with Crippen molar-refractivity contribution >= 4 is 0 Å². The van der Waals surface area contributed by atoms with Gasteiger partial charge in [-0.05, 0) is 43.5 Å². The number of benzene rings is 2. The average Bonchev–Trinajstić information content (AvgIpc) is 2.44. The van der Waals surface area contributed by atoms with Crippen molar-refractivity contribution < 1.29 is 9.84 Å². The summed E-state index contributed by atoms with van der Waals surface area (Å²) in [5.41, 5.74) is 4.16. The number of rotatable bonds is 5. The van der Waals surface area contributed by atoms with Crippen LogP contribution in [0.5, 0.6) is 5.75 Å². The summed E-state index contributed by atoms with van der Waals surface area (Å²) in [6.07, 6.45) is 0.404. The van der Waals surface area contributed by atoms with Crippen molar-refractivity contribution in [1.82, 2.24) is 0 Å². The summed E-state index contributed by atoms with van der Waals surface area (Å²) in [6, 6.07) is 13.8. The molecule has 0 fully saturated rings. The van der Waals surface area contributed by atoms with E-state index in [0.717, 1.165) is 29.9 Å². The van der Waals surface area contributed by atoms with Crippen molar-refractivity contribution in [2.24, 2.45) is 0 Å². The van der Waals surface area contributed by atoms with Gasteiger partial charge in [0, 0.05) is 0 Å². The summed E-state index contributed by atoms with van der Waals surface area (Å²) in [7, 11) is 0. The van der Waals surface area contributed by atoms with Gasteiger partial charge in [0.05, 0.1) is 6.61 Å². The molecular weight excluding hydrogens is 248 g/mol. The van der Waals surface area contributed by atoms with Gasteiger partial charge in [0.25, 0.3) is 0 Å². The highest BCUT2D eigenvalue weighted by Gasteiger charge is 2.11. The molecule has 0 bridgehead atoms. The second-order valence-electron chi connectivity index (χ2n) is 5.24. The van der Waals surface area contributed by atoms with Crippen molar-refractivity contribution in [2.45, 2.75) is 33.3 Å². The van der Waals surface area contributed by atoms with Crippen LogP contribution in [0.2, 0.25) is 0 Å². The first-order chi connectivity index (χ1) is 9.60. The Morgan fingerprint density at radius 3 is 2.10 bits per heavy atom. The van der Waals surface area contributed by atoms with E-state index in [-0.39, 0.29) is 0 Å². The number of aliphatic hydroxyl groups is 1. The molecule has 20 heavy (non-hydrogen) atoms. The Morgan fingerprint density at radius 2 is 1.55 bits per heavy atom. The van der Waals surface area contributed by atoms with Gasteiger partial charge in [-0.2, -0.15) is 0 Å². The van der Waals surface area contributed by atoms with E-state index in [4.69, 9.17) is 4.74 Å². The van der Waals surface area contributed by atoms with Gasteiger partial charge in [-0.25, -0.2) is 0 Å². The lowest BCUT2D eigenvalue weighted by atomic mass is 9.98. The molecule has 2 rings (SSSR count). The minimum Gasteiger partial charge on any atom is -0.494 e. The zero-order valence-electron chi connectivity index (χ0n) is 12.4. The molecule has 1 N–H and O–H groups in total. The molecule has 2 nitrogen and oxygen atoms in total. The molecule has 2 aromatic carbocycles. The van der Waals surface area contributed by atoms with Gasteiger partial charge < -0.3 is 9.84 Å². The van der Waals surface area contributed by atoms with Crippen LogP contribution in [0.25, 0.3) is 0 Å². The van der Waals surface area contributed by atoms with Crippen LogP contribution in [0.3, 0.4) is 0 Å². The van der Waals surface area contributed by atoms with Crippen molar-refractivity contribution in [3.63, 3.8) is 0 Å². The molecule has 1 atom stereocenters. The highest BCUT2D eigenvalue weighted by molar-refractivity contribution is 5.37. The van der Waals surface area contributed by atoms with Crippen molar-refractivity contribution in [3.05, 3.63) is 64.7 Å². The second kappa shape index (κ2) is 6.58. The lowest BCUT2D eigenvalue weighted by molar-refractivity contribution is 0.220. The quantitative estimate of drug-likeness (QED) is 0.883. The highest BCUT2D eigenvalue weighted by Crippen LogP contribution is 2.25. The van der Waals surface area contributed by atoms with Gasteiger partial charge in [0.2, 0.25) is 0 Å². The predicted molar refractivity (Wildman–Crippen MR) is 82.2 cm³/mol. The fourth-order valence-corrected chi connectivity index (χ4v) is 2.33. The molecule has 0 aliphatic carbocycles. The first-order valence-corrected chi connectivity index (χ1v) is 7.09. The lowest BCUT2D eigenvalue weighted by Gasteiger charge is -2.14. The molecule has 2 heteroatoms. The Labute approximate surface area is 121 Å². The Balaban J connectivity index is 2.17. The summed E-state index contributed by atoms with van der Waals surface area (Å²) in [4.78, 5) is 0. The van der Waals surface area contributed by atoms with E-state index in [0.29, 0.717) is 0 Å². The maximum Gasteiger partial charge on any atom is 0.119 e. The number of aliphatic hydroxyl groups excluding tert-OH is 1. The molecule has 0 amide bonds. The van der Waals surface area contributed by atoms with Crippen LogP contribution >= 0.6 is 0 Å². The SMILES string of the molecule is CCCOc1ccc(C(O)c2cc(C)cc(C)c2)cc1. The van der Waals surface area contributed by atoms with E-state index in [1.807, 2.05) is 50.2 Å². The maximum absolute atomic E-state index is 10.5. The molecule has 0 heterocycles. The molecule has 0 radical (unpaired) electrons. The van der Waals surface area contributed by atoms with Gasteiger partial charge in [-0.1, -0.05) is 48.4 Å².